The number of para-hydroxylation sites is 1. The Morgan fingerprint density at radius 3 is 3.05 bits per heavy atom. The van der Waals surface area contributed by atoms with E-state index in [1.54, 1.807) is 6.07 Å². The molecule has 0 radical (unpaired) electrons. The summed E-state index contributed by atoms with van der Waals surface area (Å²) in [6.07, 6.45) is 1.91. The van der Waals surface area contributed by atoms with Crippen LogP contribution in [0.25, 0.3) is 10.9 Å². The molecule has 0 amide bonds. The molecule has 5 nitrogen and oxygen atoms in total. The van der Waals surface area contributed by atoms with Crippen molar-refractivity contribution >= 4 is 22.7 Å². The van der Waals surface area contributed by atoms with Gasteiger partial charge in [0.15, 0.2) is 0 Å². The number of carboxylic acid groups (broad SMARTS) is 1. The number of carboxylic acids is 1. The zero-order valence-electron chi connectivity index (χ0n) is 11.5. The zero-order valence-corrected chi connectivity index (χ0v) is 11.5. The van der Waals surface area contributed by atoms with Gasteiger partial charge in [-0.3, -0.25) is 4.79 Å². The molecule has 1 aliphatic heterocycles. The largest absolute Gasteiger partial charge is 0.481 e. The van der Waals surface area contributed by atoms with Gasteiger partial charge < -0.3 is 10.0 Å². The van der Waals surface area contributed by atoms with Crippen LogP contribution in [0.2, 0.25) is 0 Å². The number of aliphatic carboxylic acids is 1. The standard InChI is InChI=1S/C16H15N3O2/c17-10-11-8-15(18-14-6-2-1-5-13(11)14)19-7-3-4-12(19)9-16(20)21/h1-2,5-6,8,12H,3-4,7,9H2,(H,20,21). The highest BCUT2D eigenvalue weighted by Crippen LogP contribution is 2.29. The van der Waals surface area contributed by atoms with Gasteiger partial charge in [-0.2, -0.15) is 5.26 Å². The first-order valence-corrected chi connectivity index (χ1v) is 6.97. The van der Waals surface area contributed by atoms with Crippen molar-refractivity contribution in [3.05, 3.63) is 35.9 Å². The van der Waals surface area contributed by atoms with Crippen LogP contribution in [0.3, 0.4) is 0 Å². The molecule has 1 aromatic carbocycles. The van der Waals surface area contributed by atoms with E-state index in [9.17, 15) is 10.1 Å². The normalized spacial score (nSPS) is 17.9. The summed E-state index contributed by atoms with van der Waals surface area (Å²) < 4.78 is 0. The Labute approximate surface area is 122 Å². The number of carbonyl (C=O) groups is 1. The average molecular weight is 281 g/mol. The van der Waals surface area contributed by atoms with Gasteiger partial charge in [0.1, 0.15) is 5.82 Å². The van der Waals surface area contributed by atoms with Gasteiger partial charge in [-0.15, -0.1) is 0 Å². The molecule has 2 heterocycles. The minimum absolute atomic E-state index is 0.0392. The Balaban J connectivity index is 2.04. The second-order valence-corrected chi connectivity index (χ2v) is 5.24. The third-order valence-electron chi connectivity index (χ3n) is 3.90. The molecule has 1 aliphatic rings. The Hall–Kier alpha value is -2.61. The molecule has 5 heteroatoms. The molecule has 1 aromatic heterocycles. The molecule has 21 heavy (non-hydrogen) atoms. The highest BCUT2D eigenvalue weighted by atomic mass is 16.4. The monoisotopic (exact) mass is 281 g/mol. The van der Waals surface area contributed by atoms with Gasteiger partial charge in [-0.05, 0) is 25.0 Å². The van der Waals surface area contributed by atoms with Gasteiger partial charge in [0.2, 0.25) is 0 Å². The smallest absolute Gasteiger partial charge is 0.305 e. The molecule has 1 atom stereocenters. The molecule has 1 fully saturated rings. The minimum atomic E-state index is -0.798. The first-order valence-electron chi connectivity index (χ1n) is 6.97. The van der Waals surface area contributed by atoms with Crippen LogP contribution in [0.15, 0.2) is 30.3 Å². The number of fused-ring (bicyclic) bond motifs is 1. The van der Waals surface area contributed by atoms with E-state index in [0.29, 0.717) is 11.4 Å². The quantitative estimate of drug-likeness (QED) is 0.935. The number of benzene rings is 1. The molecular formula is C16H15N3O2. The van der Waals surface area contributed by atoms with Crippen molar-refractivity contribution in [2.24, 2.45) is 0 Å². The Morgan fingerprint density at radius 1 is 1.48 bits per heavy atom. The summed E-state index contributed by atoms with van der Waals surface area (Å²) in [4.78, 5) is 17.6. The molecule has 3 rings (SSSR count). The van der Waals surface area contributed by atoms with Crippen LogP contribution in [0.1, 0.15) is 24.8 Å². The fraction of sp³-hybridized carbons (Fsp3) is 0.312. The molecule has 0 saturated carbocycles. The van der Waals surface area contributed by atoms with Gasteiger partial charge in [-0.25, -0.2) is 4.98 Å². The fourth-order valence-corrected chi connectivity index (χ4v) is 2.95. The summed E-state index contributed by atoms with van der Waals surface area (Å²) in [6, 6.07) is 11.5. The fourth-order valence-electron chi connectivity index (χ4n) is 2.95. The summed E-state index contributed by atoms with van der Waals surface area (Å²) in [7, 11) is 0. The number of hydrogen-bond acceptors (Lipinski definition) is 4. The Bertz CT molecular complexity index is 736. The molecule has 106 valence electrons. The Morgan fingerprint density at radius 2 is 2.29 bits per heavy atom. The van der Waals surface area contributed by atoms with E-state index in [1.165, 1.54) is 0 Å². The second-order valence-electron chi connectivity index (χ2n) is 5.24. The van der Waals surface area contributed by atoms with Crippen molar-refractivity contribution in [2.75, 3.05) is 11.4 Å². The molecule has 2 aromatic rings. The maximum absolute atomic E-state index is 11.0. The lowest BCUT2D eigenvalue weighted by Crippen LogP contribution is -2.32. The van der Waals surface area contributed by atoms with Crippen LogP contribution >= 0.6 is 0 Å². The maximum Gasteiger partial charge on any atom is 0.305 e. The van der Waals surface area contributed by atoms with Crippen LogP contribution in [0.5, 0.6) is 0 Å². The summed E-state index contributed by atoms with van der Waals surface area (Å²) in [6.45, 7) is 0.786. The summed E-state index contributed by atoms with van der Waals surface area (Å²) in [5.74, 6) is -0.0952. The predicted octanol–water partition coefficient (Wildman–Crippen LogP) is 2.55. The Kier molecular flexibility index (Phi) is 3.44. The molecule has 0 spiro atoms. The molecule has 1 saturated heterocycles. The number of rotatable bonds is 3. The highest BCUT2D eigenvalue weighted by molar-refractivity contribution is 5.86. The highest BCUT2D eigenvalue weighted by Gasteiger charge is 2.28. The van der Waals surface area contributed by atoms with Gasteiger partial charge in [0.05, 0.1) is 23.6 Å². The van der Waals surface area contributed by atoms with Crippen molar-refractivity contribution in [2.45, 2.75) is 25.3 Å². The van der Waals surface area contributed by atoms with Gasteiger partial charge in [0.25, 0.3) is 0 Å². The lowest BCUT2D eigenvalue weighted by molar-refractivity contribution is -0.137. The van der Waals surface area contributed by atoms with Crippen molar-refractivity contribution in [3.8, 4) is 6.07 Å². The van der Waals surface area contributed by atoms with Crippen molar-refractivity contribution < 1.29 is 9.90 Å². The van der Waals surface area contributed by atoms with E-state index in [-0.39, 0.29) is 12.5 Å². The predicted molar refractivity (Wildman–Crippen MR) is 79.1 cm³/mol. The van der Waals surface area contributed by atoms with E-state index in [4.69, 9.17) is 5.11 Å². The first kappa shape index (κ1) is 13.4. The second kappa shape index (κ2) is 5.41. The number of aromatic nitrogens is 1. The van der Waals surface area contributed by atoms with Gasteiger partial charge in [0, 0.05) is 18.0 Å². The van der Waals surface area contributed by atoms with Crippen molar-refractivity contribution in [1.29, 1.82) is 5.26 Å². The molecule has 0 bridgehead atoms. The summed E-state index contributed by atoms with van der Waals surface area (Å²) in [5.41, 5.74) is 1.35. The summed E-state index contributed by atoms with van der Waals surface area (Å²) >= 11 is 0. The van der Waals surface area contributed by atoms with Gasteiger partial charge in [-0.1, -0.05) is 18.2 Å². The average Bonchev–Trinajstić information content (AvgIpc) is 2.93. The van der Waals surface area contributed by atoms with E-state index >= 15 is 0 Å². The number of nitriles is 1. The molecule has 1 N–H and O–H groups in total. The number of nitrogens with zero attached hydrogens (tertiary/aromatic N) is 3. The van der Waals surface area contributed by atoms with Gasteiger partial charge >= 0.3 is 5.97 Å². The van der Waals surface area contributed by atoms with E-state index in [0.717, 1.165) is 30.3 Å². The molecule has 1 unspecified atom stereocenters. The third-order valence-corrected chi connectivity index (χ3v) is 3.90. The zero-order chi connectivity index (χ0) is 14.8. The van der Waals surface area contributed by atoms with Crippen molar-refractivity contribution in [1.82, 2.24) is 4.98 Å². The van der Waals surface area contributed by atoms with Crippen molar-refractivity contribution in [3.63, 3.8) is 0 Å². The van der Waals surface area contributed by atoms with Crippen LogP contribution in [-0.2, 0) is 4.79 Å². The van der Waals surface area contributed by atoms with E-state index in [2.05, 4.69) is 11.1 Å². The first-order chi connectivity index (χ1) is 10.2. The topological polar surface area (TPSA) is 77.2 Å². The number of hydrogen-bond donors (Lipinski definition) is 1. The van der Waals surface area contributed by atoms with Crippen LogP contribution < -0.4 is 4.90 Å². The molecule has 0 aliphatic carbocycles. The van der Waals surface area contributed by atoms with Crippen LogP contribution in [0.4, 0.5) is 5.82 Å². The SMILES string of the molecule is N#Cc1cc(N2CCCC2CC(=O)O)nc2ccccc12. The van der Waals surface area contributed by atoms with E-state index < -0.39 is 5.97 Å². The van der Waals surface area contributed by atoms with Crippen LogP contribution in [0, 0.1) is 11.3 Å². The van der Waals surface area contributed by atoms with Crippen LogP contribution in [-0.4, -0.2) is 28.6 Å². The maximum atomic E-state index is 11.0. The van der Waals surface area contributed by atoms with E-state index in [1.807, 2.05) is 29.2 Å². The molecular weight excluding hydrogens is 266 g/mol. The summed E-state index contributed by atoms with van der Waals surface area (Å²) in [5, 5.41) is 19.2. The minimum Gasteiger partial charge on any atom is -0.481 e. The lowest BCUT2D eigenvalue weighted by Gasteiger charge is -2.25. The lowest BCUT2D eigenvalue weighted by atomic mass is 10.1. The third kappa shape index (κ3) is 2.52. The number of pyridine rings is 1. The number of anilines is 1.